The van der Waals surface area contributed by atoms with E-state index < -0.39 is 43.3 Å². The maximum Gasteiger partial charge on any atom is 0.163 e. The van der Waals surface area contributed by atoms with Crippen LogP contribution in [-0.2, 0) is 14.4 Å². The quantitative estimate of drug-likeness (QED) is 0.149. The average Bonchev–Trinajstić information content (AvgIpc) is 3.10. The Balaban J connectivity index is 0.000000231. The van der Waals surface area contributed by atoms with Crippen molar-refractivity contribution in [1.82, 2.24) is 10.5 Å². The zero-order chi connectivity index (χ0) is 32.0. The summed E-state index contributed by atoms with van der Waals surface area (Å²) in [6.45, 7) is 4.23. The van der Waals surface area contributed by atoms with Crippen LogP contribution in [0, 0.1) is 0 Å². The lowest BCUT2D eigenvalue weighted by molar-refractivity contribution is -0.343. The highest BCUT2D eigenvalue weighted by molar-refractivity contribution is 5.32. The van der Waals surface area contributed by atoms with E-state index in [1.54, 1.807) is 0 Å². The van der Waals surface area contributed by atoms with Gasteiger partial charge in [-0.3, -0.25) is 4.84 Å². The molecular formula is C36H44N2O7. The van der Waals surface area contributed by atoms with Crippen molar-refractivity contribution in [3.63, 3.8) is 0 Å². The van der Waals surface area contributed by atoms with Gasteiger partial charge in [0.25, 0.3) is 0 Å². The summed E-state index contributed by atoms with van der Waals surface area (Å²) < 4.78 is 5.76. The molecule has 0 saturated carbocycles. The van der Waals surface area contributed by atoms with Gasteiger partial charge in [0, 0.05) is 0 Å². The van der Waals surface area contributed by atoms with Crippen LogP contribution in [0.5, 0.6) is 0 Å². The van der Waals surface area contributed by atoms with Crippen molar-refractivity contribution >= 4 is 0 Å². The molecule has 5 rings (SSSR count). The van der Waals surface area contributed by atoms with E-state index in [9.17, 15) is 20.4 Å². The molecule has 0 bridgehead atoms. The van der Waals surface area contributed by atoms with Crippen molar-refractivity contribution in [3.05, 3.63) is 144 Å². The third-order valence-corrected chi connectivity index (χ3v) is 7.49. The number of aliphatic hydroxyl groups is 4. The first kappa shape index (κ1) is 34.4. The summed E-state index contributed by atoms with van der Waals surface area (Å²) in [7, 11) is 0. The van der Waals surface area contributed by atoms with E-state index in [4.69, 9.17) is 14.4 Å². The molecule has 4 aromatic carbocycles. The number of hydroxylamine groups is 3. The first-order valence-electron chi connectivity index (χ1n) is 15.3. The topological polar surface area (TPSA) is 124 Å². The molecule has 0 aliphatic carbocycles. The number of hydrogen-bond acceptors (Lipinski definition) is 9. The van der Waals surface area contributed by atoms with Gasteiger partial charge in [-0.1, -0.05) is 121 Å². The molecule has 5 N–H and O–H groups in total. The van der Waals surface area contributed by atoms with Crippen molar-refractivity contribution in [2.75, 3.05) is 19.8 Å². The third-order valence-electron chi connectivity index (χ3n) is 7.49. The molecule has 0 spiro atoms. The summed E-state index contributed by atoms with van der Waals surface area (Å²) in [6, 6.07) is 39.4. The van der Waals surface area contributed by atoms with Crippen molar-refractivity contribution in [2.24, 2.45) is 0 Å². The van der Waals surface area contributed by atoms with Crippen LogP contribution >= 0.6 is 0 Å². The molecule has 1 heterocycles. The van der Waals surface area contributed by atoms with Gasteiger partial charge in [0.15, 0.2) is 6.23 Å². The Morgan fingerprint density at radius 3 is 1.49 bits per heavy atom. The zero-order valence-electron chi connectivity index (χ0n) is 25.7. The molecule has 2 unspecified atom stereocenters. The summed E-state index contributed by atoms with van der Waals surface area (Å²) in [4.78, 5) is 11.2. The van der Waals surface area contributed by atoms with Crippen LogP contribution in [0.15, 0.2) is 121 Å². The highest BCUT2D eigenvalue weighted by Gasteiger charge is 2.48. The number of nitrogens with one attached hydrogen (secondary N) is 1. The third kappa shape index (κ3) is 9.05. The second-order valence-electron chi connectivity index (χ2n) is 10.5. The lowest BCUT2D eigenvalue weighted by Gasteiger charge is -2.46. The molecule has 4 aromatic rings. The molecule has 1 saturated heterocycles. The molecule has 9 heteroatoms. The van der Waals surface area contributed by atoms with Crippen molar-refractivity contribution in [3.8, 4) is 0 Å². The van der Waals surface area contributed by atoms with E-state index >= 15 is 0 Å². The Labute approximate surface area is 265 Å². The van der Waals surface area contributed by atoms with Crippen LogP contribution in [0.1, 0.15) is 48.2 Å². The number of nitrogens with zero attached hydrogens (tertiary/aromatic N) is 1. The van der Waals surface area contributed by atoms with Gasteiger partial charge in [-0.05, 0) is 36.1 Å². The first-order valence-corrected chi connectivity index (χ1v) is 15.3. The Morgan fingerprint density at radius 1 is 0.644 bits per heavy atom. The SMILES string of the molecule is CCON(C(c1ccccc1)c1ccccc1)[C@@H]1OC(CO)[C@@H](O)[C@H](O)C1O.CCONC(c1ccccc1)c1ccccc1. The smallest absolute Gasteiger partial charge is 0.163 e. The van der Waals surface area contributed by atoms with Crippen molar-refractivity contribution < 1.29 is 34.8 Å². The van der Waals surface area contributed by atoms with E-state index in [0.717, 1.165) is 11.1 Å². The van der Waals surface area contributed by atoms with E-state index in [0.29, 0.717) is 13.2 Å². The predicted molar refractivity (Wildman–Crippen MR) is 171 cm³/mol. The molecule has 1 aliphatic heterocycles. The van der Waals surface area contributed by atoms with E-state index in [-0.39, 0.29) is 6.04 Å². The molecule has 1 fully saturated rings. The van der Waals surface area contributed by atoms with Gasteiger partial charge in [0.1, 0.15) is 24.4 Å². The van der Waals surface area contributed by atoms with Crippen LogP contribution in [0.2, 0.25) is 0 Å². The highest BCUT2D eigenvalue weighted by Crippen LogP contribution is 2.35. The van der Waals surface area contributed by atoms with Gasteiger partial charge >= 0.3 is 0 Å². The molecule has 1 aliphatic rings. The Bertz CT molecular complexity index is 1270. The summed E-state index contributed by atoms with van der Waals surface area (Å²) >= 11 is 0. The molecule has 9 nitrogen and oxygen atoms in total. The van der Waals surface area contributed by atoms with Gasteiger partial charge in [-0.25, -0.2) is 0 Å². The lowest BCUT2D eigenvalue weighted by atomic mass is 9.94. The molecular weight excluding hydrogens is 572 g/mol. The Morgan fingerprint density at radius 2 is 1.09 bits per heavy atom. The molecule has 0 aromatic heterocycles. The second kappa shape index (κ2) is 17.9. The number of hydrogen-bond donors (Lipinski definition) is 5. The van der Waals surface area contributed by atoms with Crippen molar-refractivity contribution in [1.29, 1.82) is 0 Å². The van der Waals surface area contributed by atoms with E-state index in [2.05, 4.69) is 29.7 Å². The molecule has 45 heavy (non-hydrogen) atoms. The minimum atomic E-state index is -1.48. The summed E-state index contributed by atoms with van der Waals surface area (Å²) in [6.07, 6.45) is -6.45. The minimum absolute atomic E-state index is 0.0809. The van der Waals surface area contributed by atoms with Gasteiger partial charge < -0.3 is 30.0 Å². The fourth-order valence-electron chi connectivity index (χ4n) is 5.28. The zero-order valence-corrected chi connectivity index (χ0v) is 25.7. The molecule has 0 radical (unpaired) electrons. The van der Waals surface area contributed by atoms with Gasteiger partial charge in [-0.15, -0.1) is 5.06 Å². The lowest BCUT2D eigenvalue weighted by Crippen LogP contribution is -2.63. The van der Waals surface area contributed by atoms with Crippen LogP contribution < -0.4 is 5.48 Å². The fraction of sp³-hybridized carbons (Fsp3) is 0.333. The van der Waals surface area contributed by atoms with Crippen molar-refractivity contribution in [2.45, 2.75) is 56.6 Å². The monoisotopic (exact) mass is 616 g/mol. The Hall–Kier alpha value is -3.48. The van der Waals surface area contributed by atoms with Crippen LogP contribution in [0.3, 0.4) is 0 Å². The summed E-state index contributed by atoms with van der Waals surface area (Å²) in [5.74, 6) is 0. The molecule has 5 atom stereocenters. The predicted octanol–water partition coefficient (Wildman–Crippen LogP) is 4.15. The second-order valence-corrected chi connectivity index (χ2v) is 10.5. The van der Waals surface area contributed by atoms with Crippen LogP contribution in [0.4, 0.5) is 0 Å². The van der Waals surface area contributed by atoms with E-state index in [1.165, 1.54) is 16.2 Å². The number of aliphatic hydroxyl groups excluding tert-OH is 4. The standard InChI is InChI=1S/C21H27NO6.C15H17NO/c1-2-27-22(21-20(26)19(25)18(24)16(13-23)28-21)17(14-9-5-3-6-10-14)15-11-7-4-8-12-15;1-2-17-16-15(13-9-5-3-6-10-13)14-11-7-4-8-12-14/h3-12,16-21,23-26H,2,13H2,1H3;3-12,15-16H,2H2,1H3/t16?,18-,19+,20?,21-;/m1./s1. The normalized spacial score (nSPS) is 21.5. The summed E-state index contributed by atoms with van der Waals surface area (Å²) in [5.41, 5.74) is 7.31. The number of ether oxygens (including phenoxy) is 1. The van der Waals surface area contributed by atoms with Gasteiger partial charge in [0.05, 0.1) is 31.9 Å². The van der Waals surface area contributed by atoms with Gasteiger partial charge in [-0.2, -0.15) is 5.48 Å². The Kier molecular flexibility index (Phi) is 13.7. The molecule has 0 amide bonds. The minimum Gasteiger partial charge on any atom is -0.394 e. The highest BCUT2D eigenvalue weighted by atomic mass is 16.7. The largest absolute Gasteiger partial charge is 0.394 e. The maximum absolute atomic E-state index is 10.6. The van der Waals surface area contributed by atoms with Gasteiger partial charge in [0.2, 0.25) is 0 Å². The summed E-state index contributed by atoms with van der Waals surface area (Å²) in [5, 5.41) is 42.0. The van der Waals surface area contributed by atoms with E-state index in [1.807, 2.05) is 111 Å². The maximum atomic E-state index is 10.6. The van der Waals surface area contributed by atoms with Crippen LogP contribution in [-0.4, -0.2) is 76.0 Å². The number of rotatable bonds is 12. The van der Waals surface area contributed by atoms with Crippen LogP contribution in [0.25, 0.3) is 0 Å². The molecule has 240 valence electrons. The number of benzene rings is 4. The average molecular weight is 617 g/mol. The first-order chi connectivity index (χ1) is 22.0. The fourth-order valence-corrected chi connectivity index (χ4v) is 5.28.